The molecule has 0 atom stereocenters. The lowest BCUT2D eigenvalue weighted by Crippen LogP contribution is -2.07. The van der Waals surface area contributed by atoms with Crippen molar-refractivity contribution in [2.24, 2.45) is 0 Å². The summed E-state index contributed by atoms with van der Waals surface area (Å²) in [6.07, 6.45) is 0. The van der Waals surface area contributed by atoms with Crippen LogP contribution in [0.4, 0.5) is 0 Å². The summed E-state index contributed by atoms with van der Waals surface area (Å²) in [6, 6.07) is 9.21. The number of rotatable bonds is 4. The summed E-state index contributed by atoms with van der Waals surface area (Å²) in [5, 5.41) is 5.49. The second kappa shape index (κ2) is 7.65. The van der Waals surface area contributed by atoms with E-state index in [4.69, 9.17) is 27.9 Å². The van der Waals surface area contributed by atoms with E-state index in [-0.39, 0.29) is 5.69 Å². The normalized spacial score (nSPS) is 10.9. The van der Waals surface area contributed by atoms with Crippen LogP contribution in [-0.2, 0) is 4.74 Å². The lowest BCUT2D eigenvalue weighted by Gasteiger charge is -2.09. The second-order valence-corrected chi connectivity index (χ2v) is 8.98. The van der Waals surface area contributed by atoms with Crippen molar-refractivity contribution in [2.45, 2.75) is 13.8 Å². The number of esters is 1. The summed E-state index contributed by atoms with van der Waals surface area (Å²) >= 11 is 16.3. The minimum absolute atomic E-state index is 0.284. The molecule has 2 heterocycles. The van der Waals surface area contributed by atoms with E-state index in [0.717, 1.165) is 19.0 Å². The zero-order chi connectivity index (χ0) is 18.1. The Balaban J connectivity index is 2.25. The summed E-state index contributed by atoms with van der Waals surface area (Å²) in [6.45, 7) is 3.92. The average Bonchev–Trinajstić information content (AvgIpc) is 3.11. The molecule has 25 heavy (non-hydrogen) atoms. The van der Waals surface area contributed by atoms with Crippen LogP contribution >= 0.6 is 57.1 Å². The van der Waals surface area contributed by atoms with Gasteiger partial charge >= 0.3 is 5.97 Å². The van der Waals surface area contributed by atoms with Crippen molar-refractivity contribution >= 4 is 63.1 Å². The Labute approximate surface area is 172 Å². The summed E-state index contributed by atoms with van der Waals surface area (Å²) in [5.74, 6) is -0.448. The van der Waals surface area contributed by atoms with E-state index >= 15 is 0 Å². The fraction of sp³-hybridized carbons (Fsp3) is 0.176. The average molecular weight is 507 g/mol. The number of halogens is 3. The SMILES string of the molecule is CCOC(=O)c1nn(-c2ccc(Cl)cc2Cl)c(-c2ccc(I)s2)c1C. The minimum atomic E-state index is -0.448. The van der Waals surface area contributed by atoms with Crippen molar-refractivity contribution in [1.29, 1.82) is 0 Å². The molecule has 0 spiro atoms. The molecule has 8 heteroatoms. The fourth-order valence-corrected chi connectivity index (χ4v) is 4.65. The highest BCUT2D eigenvalue weighted by atomic mass is 127. The lowest BCUT2D eigenvalue weighted by molar-refractivity contribution is 0.0518. The summed E-state index contributed by atoms with van der Waals surface area (Å²) < 4.78 is 7.96. The van der Waals surface area contributed by atoms with Gasteiger partial charge in [0, 0.05) is 10.6 Å². The Hall–Kier alpha value is -1.09. The van der Waals surface area contributed by atoms with Crippen molar-refractivity contribution in [1.82, 2.24) is 9.78 Å². The third-order valence-corrected chi connectivity index (χ3v) is 5.97. The Morgan fingerprint density at radius 2 is 2.08 bits per heavy atom. The molecule has 3 aromatic rings. The van der Waals surface area contributed by atoms with Crippen LogP contribution in [0.5, 0.6) is 0 Å². The first kappa shape index (κ1) is 18.7. The number of benzene rings is 1. The first-order chi connectivity index (χ1) is 11.9. The quantitative estimate of drug-likeness (QED) is 0.322. The van der Waals surface area contributed by atoms with E-state index < -0.39 is 5.97 Å². The number of carbonyl (C=O) groups is 1. The minimum Gasteiger partial charge on any atom is -0.461 e. The molecule has 1 aromatic carbocycles. The highest BCUT2D eigenvalue weighted by Gasteiger charge is 2.24. The number of thiophene rings is 1. The van der Waals surface area contributed by atoms with Crippen LogP contribution in [-0.4, -0.2) is 22.4 Å². The van der Waals surface area contributed by atoms with Gasteiger partial charge in [0.1, 0.15) is 0 Å². The van der Waals surface area contributed by atoms with Gasteiger partial charge in [0.2, 0.25) is 0 Å². The Morgan fingerprint density at radius 3 is 2.68 bits per heavy atom. The molecule has 130 valence electrons. The first-order valence-corrected chi connectivity index (χ1v) is 10.0. The van der Waals surface area contributed by atoms with E-state index in [1.54, 1.807) is 41.1 Å². The Morgan fingerprint density at radius 1 is 1.32 bits per heavy atom. The van der Waals surface area contributed by atoms with Crippen LogP contribution in [0.3, 0.4) is 0 Å². The van der Waals surface area contributed by atoms with Crippen LogP contribution in [0, 0.1) is 9.81 Å². The van der Waals surface area contributed by atoms with E-state index in [1.807, 2.05) is 19.1 Å². The maximum Gasteiger partial charge on any atom is 0.359 e. The van der Waals surface area contributed by atoms with Gasteiger partial charge in [-0.3, -0.25) is 0 Å². The van der Waals surface area contributed by atoms with Gasteiger partial charge in [-0.15, -0.1) is 11.3 Å². The summed E-state index contributed by atoms with van der Waals surface area (Å²) in [7, 11) is 0. The van der Waals surface area contributed by atoms with Crippen molar-refractivity contribution in [2.75, 3.05) is 6.61 Å². The van der Waals surface area contributed by atoms with Gasteiger partial charge in [0.15, 0.2) is 5.69 Å². The smallest absolute Gasteiger partial charge is 0.359 e. The van der Waals surface area contributed by atoms with Gasteiger partial charge in [0.05, 0.1) is 30.8 Å². The van der Waals surface area contributed by atoms with Crippen molar-refractivity contribution in [3.63, 3.8) is 0 Å². The van der Waals surface area contributed by atoms with Crippen LogP contribution in [0.25, 0.3) is 16.3 Å². The molecular formula is C17H13Cl2IN2O2S. The fourth-order valence-electron chi connectivity index (χ4n) is 2.45. The zero-order valence-corrected chi connectivity index (χ0v) is 17.8. The van der Waals surface area contributed by atoms with Crippen molar-refractivity contribution in [3.8, 4) is 16.3 Å². The van der Waals surface area contributed by atoms with Gasteiger partial charge in [-0.1, -0.05) is 23.2 Å². The summed E-state index contributed by atoms with van der Waals surface area (Å²) in [4.78, 5) is 13.3. The third-order valence-electron chi connectivity index (χ3n) is 3.54. The molecule has 0 fully saturated rings. The number of ether oxygens (including phenoxy) is 1. The largest absolute Gasteiger partial charge is 0.461 e. The molecule has 0 unspecified atom stereocenters. The maximum atomic E-state index is 12.3. The molecule has 0 bridgehead atoms. The molecule has 0 radical (unpaired) electrons. The molecular weight excluding hydrogens is 494 g/mol. The Kier molecular flexibility index (Phi) is 5.72. The zero-order valence-electron chi connectivity index (χ0n) is 13.3. The number of carbonyl (C=O) groups excluding carboxylic acids is 1. The van der Waals surface area contributed by atoms with Gasteiger partial charge in [-0.2, -0.15) is 5.10 Å². The monoisotopic (exact) mass is 506 g/mol. The van der Waals surface area contributed by atoms with Gasteiger partial charge < -0.3 is 4.74 Å². The van der Waals surface area contributed by atoms with Gasteiger partial charge in [-0.05, 0) is 66.8 Å². The number of hydrogen-bond acceptors (Lipinski definition) is 4. The molecule has 4 nitrogen and oxygen atoms in total. The molecule has 0 amide bonds. The van der Waals surface area contributed by atoms with Crippen LogP contribution < -0.4 is 0 Å². The number of nitrogens with zero attached hydrogens (tertiary/aromatic N) is 2. The predicted molar refractivity (Wildman–Crippen MR) is 110 cm³/mol. The van der Waals surface area contributed by atoms with E-state index in [1.165, 1.54) is 0 Å². The van der Waals surface area contributed by atoms with E-state index in [0.29, 0.717) is 22.3 Å². The van der Waals surface area contributed by atoms with Crippen LogP contribution in [0.1, 0.15) is 23.0 Å². The highest BCUT2D eigenvalue weighted by molar-refractivity contribution is 14.1. The molecule has 3 rings (SSSR count). The van der Waals surface area contributed by atoms with Gasteiger partial charge in [0.25, 0.3) is 0 Å². The molecule has 0 aliphatic heterocycles. The molecule has 0 N–H and O–H groups in total. The molecule has 0 aliphatic carbocycles. The lowest BCUT2D eigenvalue weighted by atomic mass is 10.1. The predicted octanol–water partition coefficient (Wildman–Crippen LogP) is 6.00. The molecule has 0 aliphatic rings. The van der Waals surface area contributed by atoms with E-state index in [9.17, 15) is 4.79 Å². The number of hydrogen-bond donors (Lipinski definition) is 0. The topological polar surface area (TPSA) is 44.1 Å². The second-order valence-electron chi connectivity index (χ2n) is 5.15. The Bertz CT molecular complexity index is 952. The van der Waals surface area contributed by atoms with Crippen molar-refractivity contribution in [3.05, 3.63) is 54.5 Å². The van der Waals surface area contributed by atoms with Crippen LogP contribution in [0.15, 0.2) is 30.3 Å². The number of aromatic nitrogens is 2. The van der Waals surface area contributed by atoms with Crippen molar-refractivity contribution < 1.29 is 9.53 Å². The van der Waals surface area contributed by atoms with E-state index in [2.05, 4.69) is 27.7 Å². The standard InChI is InChI=1S/C17H13Cl2IN2O2S/c1-3-24-17(23)15-9(2)16(13-6-7-14(20)25-13)22(21-15)12-5-4-10(18)8-11(12)19/h4-8H,3H2,1-2H3. The maximum absolute atomic E-state index is 12.3. The molecule has 0 saturated heterocycles. The molecule has 0 saturated carbocycles. The first-order valence-electron chi connectivity index (χ1n) is 7.40. The third kappa shape index (κ3) is 3.72. The van der Waals surface area contributed by atoms with Crippen LogP contribution in [0.2, 0.25) is 10.0 Å². The highest BCUT2D eigenvalue weighted by Crippen LogP contribution is 2.36. The molecule has 2 aromatic heterocycles. The van der Waals surface area contributed by atoms with Gasteiger partial charge in [-0.25, -0.2) is 9.48 Å². The summed E-state index contributed by atoms with van der Waals surface area (Å²) in [5.41, 5.74) is 2.51.